The Balaban J connectivity index is 2.27. The minimum absolute atomic E-state index is 0.0180. The van der Waals surface area contributed by atoms with Crippen LogP contribution in [0.25, 0.3) is 10.9 Å². The van der Waals surface area contributed by atoms with Crippen molar-refractivity contribution in [2.45, 2.75) is 56.3 Å². The Morgan fingerprint density at radius 2 is 1.37 bits per heavy atom. The molecule has 1 heterocycles. The maximum absolute atomic E-state index is 13.6. The molecular weight excluding hydrogens is 562 g/mol. The largest absolute Gasteiger partial charge is 0.480 e. The predicted octanol–water partition coefficient (Wildman–Crippen LogP) is -3.32. The van der Waals surface area contributed by atoms with Gasteiger partial charge in [0.15, 0.2) is 11.9 Å². The fourth-order valence-corrected chi connectivity index (χ4v) is 4.16. The van der Waals surface area contributed by atoms with Gasteiger partial charge in [0, 0.05) is 36.6 Å². The van der Waals surface area contributed by atoms with E-state index in [0.29, 0.717) is 6.42 Å². The molecule has 17 nitrogen and oxygen atoms in total. The first-order chi connectivity index (χ1) is 20.4. The van der Waals surface area contributed by atoms with Crippen LogP contribution in [0.15, 0.2) is 40.4 Å². The molecular formula is C26H41N11O6. The van der Waals surface area contributed by atoms with Crippen LogP contribution in [-0.2, 0) is 25.6 Å². The molecule has 1 aromatic heterocycles. The summed E-state index contributed by atoms with van der Waals surface area (Å²) >= 11 is 0. The van der Waals surface area contributed by atoms with E-state index in [0.717, 1.165) is 16.5 Å². The second-order valence-electron chi connectivity index (χ2n) is 9.77. The number of carboxylic acid groups (broad SMARTS) is 1. The van der Waals surface area contributed by atoms with Crippen LogP contribution in [0.1, 0.15) is 31.2 Å². The third kappa shape index (κ3) is 11.5. The van der Waals surface area contributed by atoms with Gasteiger partial charge in [0.2, 0.25) is 17.7 Å². The van der Waals surface area contributed by atoms with Gasteiger partial charge in [-0.15, -0.1) is 0 Å². The number of H-pyrrole nitrogens is 1. The summed E-state index contributed by atoms with van der Waals surface area (Å²) in [5.41, 5.74) is 28.9. The lowest BCUT2D eigenvalue weighted by molar-refractivity contribution is -0.143. The molecule has 4 atom stereocenters. The van der Waals surface area contributed by atoms with E-state index in [9.17, 15) is 29.4 Å². The molecule has 3 amide bonds. The van der Waals surface area contributed by atoms with Gasteiger partial charge in [-0.1, -0.05) is 18.2 Å². The number of aliphatic imine (C=N–C) groups is 2. The highest BCUT2D eigenvalue weighted by atomic mass is 16.4. The molecule has 16 N–H and O–H groups in total. The lowest BCUT2D eigenvalue weighted by Gasteiger charge is -2.25. The lowest BCUT2D eigenvalue weighted by Crippen LogP contribution is -2.58. The van der Waals surface area contributed by atoms with Crippen LogP contribution in [0.2, 0.25) is 0 Å². The van der Waals surface area contributed by atoms with E-state index in [1.165, 1.54) is 0 Å². The number of fused-ring (bicyclic) bond motifs is 1. The number of aromatic nitrogens is 1. The van der Waals surface area contributed by atoms with Gasteiger partial charge in [0.05, 0.1) is 12.6 Å². The van der Waals surface area contributed by atoms with Gasteiger partial charge in [-0.2, -0.15) is 0 Å². The molecule has 1 aromatic carbocycles. The number of aliphatic carboxylic acids is 1. The molecule has 0 aliphatic carbocycles. The smallest absolute Gasteiger partial charge is 0.328 e. The Morgan fingerprint density at radius 3 is 1.98 bits per heavy atom. The zero-order chi connectivity index (χ0) is 31.9. The van der Waals surface area contributed by atoms with Crippen LogP contribution in [0.3, 0.4) is 0 Å². The Bertz CT molecular complexity index is 1300. The van der Waals surface area contributed by atoms with Gasteiger partial charge in [-0.05, 0) is 37.3 Å². The number of rotatable bonds is 18. The molecule has 0 aliphatic heterocycles. The quantitative estimate of drug-likeness (QED) is 0.0455. The fraction of sp³-hybridized carbons (Fsp3) is 0.462. The van der Waals surface area contributed by atoms with E-state index in [4.69, 9.17) is 28.7 Å². The molecule has 17 heteroatoms. The number of aliphatic hydroxyl groups is 1. The van der Waals surface area contributed by atoms with Crippen LogP contribution >= 0.6 is 0 Å². The van der Waals surface area contributed by atoms with E-state index in [-0.39, 0.29) is 50.7 Å². The third-order valence-electron chi connectivity index (χ3n) is 6.41. The summed E-state index contributed by atoms with van der Waals surface area (Å²) in [7, 11) is 0. The maximum Gasteiger partial charge on any atom is 0.328 e. The molecule has 0 radical (unpaired) electrons. The highest BCUT2D eigenvalue weighted by Gasteiger charge is 2.30. The number of hydrogen-bond donors (Lipinski definition) is 11. The van der Waals surface area contributed by atoms with E-state index in [1.807, 2.05) is 24.3 Å². The van der Waals surface area contributed by atoms with Crippen molar-refractivity contribution in [1.29, 1.82) is 0 Å². The number of carbonyl (C=O) groups is 4. The van der Waals surface area contributed by atoms with E-state index in [1.54, 1.807) is 6.20 Å². The average molecular weight is 604 g/mol. The van der Waals surface area contributed by atoms with Crippen molar-refractivity contribution in [2.75, 3.05) is 19.7 Å². The van der Waals surface area contributed by atoms with Gasteiger partial charge >= 0.3 is 5.97 Å². The van der Waals surface area contributed by atoms with Crippen molar-refractivity contribution in [3.63, 3.8) is 0 Å². The highest BCUT2D eigenvalue weighted by Crippen LogP contribution is 2.19. The maximum atomic E-state index is 13.6. The average Bonchev–Trinajstić information content (AvgIpc) is 3.37. The number of para-hydroxylation sites is 1. The summed E-state index contributed by atoms with van der Waals surface area (Å²) in [5, 5.41) is 26.9. The molecule has 0 fully saturated rings. The van der Waals surface area contributed by atoms with Crippen molar-refractivity contribution in [3.8, 4) is 0 Å². The molecule has 0 spiro atoms. The topological polar surface area (TPSA) is 315 Å². The number of amides is 3. The minimum Gasteiger partial charge on any atom is -0.480 e. The number of hydrogen-bond acceptors (Lipinski definition) is 8. The molecule has 43 heavy (non-hydrogen) atoms. The lowest BCUT2D eigenvalue weighted by atomic mass is 10.0. The van der Waals surface area contributed by atoms with Crippen LogP contribution < -0.4 is 44.6 Å². The Labute approximate surface area is 247 Å². The molecule has 0 bridgehead atoms. The zero-order valence-corrected chi connectivity index (χ0v) is 23.7. The third-order valence-corrected chi connectivity index (χ3v) is 6.41. The van der Waals surface area contributed by atoms with Crippen LogP contribution in [-0.4, -0.2) is 94.7 Å². The first-order valence-corrected chi connectivity index (χ1v) is 13.6. The summed E-state index contributed by atoms with van der Waals surface area (Å²) in [5.74, 6) is -3.88. The molecule has 0 saturated carbocycles. The van der Waals surface area contributed by atoms with Crippen LogP contribution in [0, 0.1) is 0 Å². The summed E-state index contributed by atoms with van der Waals surface area (Å²) in [6, 6.07) is 2.40. The summed E-state index contributed by atoms with van der Waals surface area (Å²) < 4.78 is 0. The normalized spacial score (nSPS) is 13.6. The van der Waals surface area contributed by atoms with Gasteiger partial charge in [-0.3, -0.25) is 24.4 Å². The van der Waals surface area contributed by atoms with Crippen molar-refractivity contribution in [2.24, 2.45) is 38.7 Å². The summed E-state index contributed by atoms with van der Waals surface area (Å²) in [4.78, 5) is 61.8. The van der Waals surface area contributed by atoms with Gasteiger partial charge in [-0.25, -0.2) is 4.79 Å². The second kappa shape index (κ2) is 17.1. The van der Waals surface area contributed by atoms with Crippen LogP contribution in [0.5, 0.6) is 0 Å². The number of benzene rings is 1. The Hall–Kier alpha value is -4.90. The SMILES string of the molecule is NC(N)=NCCCC(N)C(=O)NC(Cc1c[nH]c2ccccc12)C(=O)NC(CCCN=C(N)N)C(=O)NC(CO)C(=O)O. The van der Waals surface area contributed by atoms with E-state index in [2.05, 4.69) is 30.9 Å². The number of aromatic amines is 1. The molecule has 0 saturated heterocycles. The van der Waals surface area contributed by atoms with Gasteiger partial charge in [0.25, 0.3) is 0 Å². The number of nitrogens with one attached hydrogen (secondary N) is 4. The van der Waals surface area contributed by atoms with Crippen molar-refractivity contribution < 1.29 is 29.4 Å². The molecule has 4 unspecified atom stereocenters. The Kier molecular flexibility index (Phi) is 13.7. The van der Waals surface area contributed by atoms with E-state index >= 15 is 0 Å². The zero-order valence-electron chi connectivity index (χ0n) is 23.7. The molecule has 0 aliphatic rings. The standard InChI is InChI=1S/C26H41N11O6/c27-16(6-3-9-32-25(28)29)21(39)36-19(11-14-12-34-17-7-2-1-5-15(14)17)23(41)35-18(8-4-10-33-26(30)31)22(40)37-20(13-38)24(42)43/h1-2,5,7,12,16,18-20,34,38H,3-4,6,8-11,13,27H2,(H,35,41)(H,36,39)(H,37,40)(H,42,43)(H4,28,29,32)(H4,30,31,33). The summed E-state index contributed by atoms with van der Waals surface area (Å²) in [6.07, 6.45) is 2.66. The number of guanidine groups is 2. The van der Waals surface area contributed by atoms with Gasteiger partial charge < -0.3 is 59.8 Å². The number of aliphatic hydroxyl groups excluding tert-OH is 1. The van der Waals surface area contributed by atoms with Crippen molar-refractivity contribution in [1.82, 2.24) is 20.9 Å². The highest BCUT2D eigenvalue weighted by molar-refractivity contribution is 5.95. The molecule has 2 aromatic rings. The molecule has 236 valence electrons. The minimum atomic E-state index is -1.59. The van der Waals surface area contributed by atoms with Crippen molar-refractivity contribution in [3.05, 3.63) is 36.0 Å². The monoisotopic (exact) mass is 603 g/mol. The van der Waals surface area contributed by atoms with Crippen molar-refractivity contribution >= 4 is 46.5 Å². The number of nitrogens with two attached hydrogens (primary N) is 5. The first kappa shape index (κ1) is 34.3. The Morgan fingerprint density at radius 1 is 0.814 bits per heavy atom. The fourth-order valence-electron chi connectivity index (χ4n) is 4.16. The first-order valence-electron chi connectivity index (χ1n) is 13.6. The number of nitrogens with zero attached hydrogens (tertiary/aromatic N) is 2. The predicted molar refractivity (Wildman–Crippen MR) is 160 cm³/mol. The number of carbonyl (C=O) groups excluding carboxylic acids is 3. The molecule has 2 rings (SSSR count). The van der Waals surface area contributed by atoms with Gasteiger partial charge in [0.1, 0.15) is 18.1 Å². The number of carboxylic acids is 1. The summed E-state index contributed by atoms with van der Waals surface area (Å²) in [6.45, 7) is -0.463. The second-order valence-corrected chi connectivity index (χ2v) is 9.77. The van der Waals surface area contributed by atoms with E-state index < -0.39 is 54.5 Å². The van der Waals surface area contributed by atoms with Crippen LogP contribution in [0.4, 0.5) is 0 Å².